The predicted molar refractivity (Wildman–Crippen MR) is 163 cm³/mol. The van der Waals surface area contributed by atoms with E-state index in [4.69, 9.17) is 4.74 Å². The molecule has 1 atom stereocenters. The number of likely N-dealkylation sites (N-methyl/N-ethyl adjacent to an activating group) is 2. The van der Waals surface area contributed by atoms with Crippen LogP contribution in [-0.2, 0) is 12.7 Å². The van der Waals surface area contributed by atoms with E-state index in [0.29, 0.717) is 31.3 Å². The molecule has 0 spiro atoms. The quantitative estimate of drug-likeness (QED) is 0.346. The number of piperazine rings is 1. The van der Waals surface area contributed by atoms with E-state index < -0.39 is 23.2 Å². The third-order valence-electron chi connectivity index (χ3n) is 7.77. The van der Waals surface area contributed by atoms with Gasteiger partial charge in [-0.1, -0.05) is 19.1 Å². The first-order valence-electron chi connectivity index (χ1n) is 14.5. The normalized spacial score (nSPS) is 19.3. The fourth-order valence-corrected chi connectivity index (χ4v) is 5.30. The standard InChI is InChI=1S/C31H37F3N8O2/c1-5-41-12-14-42(15-13-41)18-23-8-9-24(17-25(23)31(32,33)34)37-28(43)22-7-6-21(2)26(16-22)44-27-10-11-35-29(38-27)39-30(3)19-36-40(4)20-30/h6-11,16-17,19H,5,12-15,18,20H2,1-4H3,(H,37,43)(H,35,38,39). The van der Waals surface area contributed by atoms with Gasteiger partial charge in [0.05, 0.1) is 23.9 Å². The first-order chi connectivity index (χ1) is 20.9. The van der Waals surface area contributed by atoms with E-state index >= 15 is 0 Å². The summed E-state index contributed by atoms with van der Waals surface area (Å²) in [5, 5.41) is 11.9. The first-order valence-corrected chi connectivity index (χ1v) is 14.5. The van der Waals surface area contributed by atoms with E-state index in [1.165, 1.54) is 18.2 Å². The Balaban J connectivity index is 1.28. The summed E-state index contributed by atoms with van der Waals surface area (Å²) in [7, 11) is 1.87. The minimum atomic E-state index is -4.56. The number of hydrogen-bond donors (Lipinski definition) is 2. The van der Waals surface area contributed by atoms with E-state index in [0.717, 1.165) is 31.3 Å². The minimum Gasteiger partial charge on any atom is -0.439 e. The average molecular weight is 611 g/mol. The van der Waals surface area contributed by atoms with Crippen molar-refractivity contribution in [3.63, 3.8) is 0 Å². The maximum absolute atomic E-state index is 14.1. The van der Waals surface area contributed by atoms with Crippen LogP contribution < -0.4 is 15.4 Å². The van der Waals surface area contributed by atoms with E-state index in [9.17, 15) is 18.0 Å². The Morgan fingerprint density at radius 3 is 2.50 bits per heavy atom. The van der Waals surface area contributed by atoms with Crippen LogP contribution in [-0.4, -0.2) is 88.8 Å². The summed E-state index contributed by atoms with van der Waals surface area (Å²) in [6.45, 7) is 10.7. The van der Waals surface area contributed by atoms with Crippen molar-refractivity contribution >= 4 is 23.8 Å². The van der Waals surface area contributed by atoms with Gasteiger partial charge in [0.2, 0.25) is 11.8 Å². The lowest BCUT2D eigenvalue weighted by Gasteiger charge is -2.34. The van der Waals surface area contributed by atoms with Crippen molar-refractivity contribution in [2.45, 2.75) is 39.0 Å². The van der Waals surface area contributed by atoms with Gasteiger partial charge >= 0.3 is 6.18 Å². The molecule has 0 radical (unpaired) electrons. The highest BCUT2D eigenvalue weighted by Crippen LogP contribution is 2.35. The maximum atomic E-state index is 14.1. The highest BCUT2D eigenvalue weighted by atomic mass is 19.4. The Morgan fingerprint density at radius 1 is 1.07 bits per heavy atom. The van der Waals surface area contributed by atoms with Gasteiger partial charge in [0, 0.05) is 63.3 Å². The van der Waals surface area contributed by atoms with E-state index in [1.54, 1.807) is 35.6 Å². The molecule has 1 fully saturated rings. The fourth-order valence-electron chi connectivity index (χ4n) is 5.30. The van der Waals surface area contributed by atoms with Gasteiger partial charge in [0.1, 0.15) is 5.75 Å². The predicted octanol–water partition coefficient (Wildman–Crippen LogP) is 5.09. The van der Waals surface area contributed by atoms with Gasteiger partial charge in [-0.3, -0.25) is 14.7 Å². The van der Waals surface area contributed by atoms with Crippen LogP contribution in [0, 0.1) is 6.92 Å². The molecule has 0 bridgehead atoms. The van der Waals surface area contributed by atoms with Gasteiger partial charge in [-0.2, -0.15) is 23.3 Å². The monoisotopic (exact) mass is 610 g/mol. The number of benzene rings is 2. The molecule has 3 aromatic rings. The molecule has 2 aliphatic rings. The molecule has 0 saturated carbocycles. The average Bonchev–Trinajstić information content (AvgIpc) is 3.32. The number of nitrogens with one attached hydrogen (secondary N) is 2. The fraction of sp³-hybridized carbons (Fsp3) is 0.419. The number of anilines is 2. The molecule has 2 aromatic carbocycles. The molecule has 2 N–H and O–H groups in total. The molecule has 13 heteroatoms. The van der Waals surface area contributed by atoms with Crippen molar-refractivity contribution in [1.82, 2.24) is 24.8 Å². The van der Waals surface area contributed by atoms with Crippen molar-refractivity contribution in [3.8, 4) is 11.6 Å². The van der Waals surface area contributed by atoms with E-state index in [1.807, 2.05) is 25.8 Å². The molecule has 44 heavy (non-hydrogen) atoms. The zero-order valence-electron chi connectivity index (χ0n) is 25.3. The van der Waals surface area contributed by atoms with Crippen molar-refractivity contribution in [3.05, 3.63) is 70.9 Å². The smallest absolute Gasteiger partial charge is 0.416 e. The van der Waals surface area contributed by atoms with E-state index in [-0.39, 0.29) is 29.2 Å². The van der Waals surface area contributed by atoms with Crippen molar-refractivity contribution in [2.75, 3.05) is 56.9 Å². The number of ether oxygens (including phenoxy) is 1. The highest BCUT2D eigenvalue weighted by Gasteiger charge is 2.34. The summed E-state index contributed by atoms with van der Waals surface area (Å²) in [5.41, 5.74) is 0.0169. The van der Waals surface area contributed by atoms with Gasteiger partial charge in [0.15, 0.2) is 0 Å². The van der Waals surface area contributed by atoms with Gasteiger partial charge in [-0.25, -0.2) is 4.98 Å². The number of amides is 1. The summed E-state index contributed by atoms with van der Waals surface area (Å²) in [6.07, 6.45) is -1.21. The lowest BCUT2D eigenvalue weighted by atomic mass is 10.0. The molecule has 0 aliphatic carbocycles. The summed E-state index contributed by atoms with van der Waals surface area (Å²) in [5.74, 6) is 0.432. The number of carbonyl (C=O) groups excluding carboxylic acids is 1. The molecule has 234 valence electrons. The van der Waals surface area contributed by atoms with Crippen molar-refractivity contribution in [1.29, 1.82) is 0 Å². The zero-order valence-corrected chi connectivity index (χ0v) is 25.3. The number of alkyl halides is 3. The molecule has 1 amide bonds. The zero-order chi connectivity index (χ0) is 31.5. The SMILES string of the molecule is CCN1CCN(Cc2ccc(NC(=O)c3ccc(C)c(Oc4ccnc(NC5(C)C=NN(C)C5)n4)c3)cc2C(F)(F)F)CC1. The maximum Gasteiger partial charge on any atom is 0.416 e. The molecule has 2 aliphatic heterocycles. The Bertz CT molecular complexity index is 1520. The van der Waals surface area contributed by atoms with Gasteiger partial charge in [0.25, 0.3) is 5.91 Å². The Hall–Kier alpha value is -4.23. The van der Waals surface area contributed by atoms with Gasteiger partial charge in [-0.15, -0.1) is 0 Å². The highest BCUT2D eigenvalue weighted by molar-refractivity contribution is 6.04. The number of carbonyl (C=O) groups is 1. The topological polar surface area (TPSA) is 98.2 Å². The second kappa shape index (κ2) is 12.8. The molecule has 5 rings (SSSR count). The molecule has 1 unspecified atom stereocenters. The summed E-state index contributed by atoms with van der Waals surface area (Å²) in [4.78, 5) is 26.2. The molecule has 3 heterocycles. The Labute approximate surface area is 254 Å². The van der Waals surface area contributed by atoms with Gasteiger partial charge < -0.3 is 20.3 Å². The van der Waals surface area contributed by atoms with Crippen LogP contribution >= 0.6 is 0 Å². The van der Waals surface area contributed by atoms with Crippen LogP contribution in [0.3, 0.4) is 0 Å². The van der Waals surface area contributed by atoms with Crippen molar-refractivity contribution in [2.24, 2.45) is 5.10 Å². The Morgan fingerprint density at radius 2 is 1.82 bits per heavy atom. The Kier molecular flexibility index (Phi) is 9.07. The summed E-state index contributed by atoms with van der Waals surface area (Å²) < 4.78 is 48.2. The lowest BCUT2D eigenvalue weighted by Crippen LogP contribution is -2.45. The number of aryl methyl sites for hydroxylation is 1. The van der Waals surface area contributed by atoms with Crippen LogP contribution in [0.2, 0.25) is 0 Å². The number of hydrazone groups is 1. The molecular weight excluding hydrogens is 573 g/mol. The minimum absolute atomic E-state index is 0.0611. The summed E-state index contributed by atoms with van der Waals surface area (Å²) in [6, 6.07) is 10.4. The second-order valence-corrected chi connectivity index (χ2v) is 11.4. The lowest BCUT2D eigenvalue weighted by molar-refractivity contribution is -0.138. The molecule has 10 nitrogen and oxygen atoms in total. The number of halogens is 3. The number of aromatic nitrogens is 2. The molecule has 1 saturated heterocycles. The largest absolute Gasteiger partial charge is 0.439 e. The number of hydrogen-bond acceptors (Lipinski definition) is 9. The molecular formula is C31H37F3N8O2. The van der Waals surface area contributed by atoms with Crippen LogP contribution in [0.25, 0.3) is 0 Å². The van der Waals surface area contributed by atoms with Gasteiger partial charge in [-0.05, 0) is 55.8 Å². The van der Waals surface area contributed by atoms with Crippen LogP contribution in [0.15, 0.2) is 53.8 Å². The number of nitrogens with zero attached hydrogens (tertiary/aromatic N) is 6. The van der Waals surface area contributed by atoms with E-state index in [2.05, 4.69) is 37.5 Å². The van der Waals surface area contributed by atoms with Crippen LogP contribution in [0.5, 0.6) is 11.6 Å². The third-order valence-corrected chi connectivity index (χ3v) is 7.77. The third kappa shape index (κ3) is 7.64. The first kappa shape index (κ1) is 31.2. The van der Waals surface area contributed by atoms with Crippen molar-refractivity contribution < 1.29 is 22.7 Å². The number of rotatable bonds is 9. The van der Waals surface area contributed by atoms with Crippen LogP contribution in [0.1, 0.15) is 40.9 Å². The summed E-state index contributed by atoms with van der Waals surface area (Å²) >= 11 is 0. The second-order valence-electron chi connectivity index (χ2n) is 11.4. The van der Waals surface area contributed by atoms with Crippen LogP contribution in [0.4, 0.5) is 24.8 Å². The molecule has 1 aromatic heterocycles.